The highest BCUT2D eigenvalue weighted by Crippen LogP contribution is 2.23. The van der Waals surface area contributed by atoms with Gasteiger partial charge in [-0.25, -0.2) is 4.79 Å². The van der Waals surface area contributed by atoms with Crippen LogP contribution in [0.2, 0.25) is 0 Å². The first kappa shape index (κ1) is 14.9. The van der Waals surface area contributed by atoms with Gasteiger partial charge in [0.05, 0.1) is 24.3 Å². The zero-order chi connectivity index (χ0) is 14.7. The zero-order valence-corrected chi connectivity index (χ0v) is 11.4. The van der Waals surface area contributed by atoms with E-state index in [0.717, 1.165) is 0 Å². The third kappa shape index (κ3) is 2.83. The van der Waals surface area contributed by atoms with Crippen LogP contribution in [0.15, 0.2) is 0 Å². The summed E-state index contributed by atoms with van der Waals surface area (Å²) in [6.45, 7) is 4.83. The number of hydrogen-bond acceptors (Lipinski definition) is 4. The number of ketones is 1. The number of aromatic nitrogens is 1. The number of carboxylic acids is 1. The Morgan fingerprint density at radius 3 is 2.32 bits per heavy atom. The van der Waals surface area contributed by atoms with Crippen LogP contribution < -0.4 is 0 Å². The molecule has 0 atom stereocenters. The SMILES string of the molecule is CCOC(=O)Cc1c(C(=O)O)c(C)c(C(C)=O)n1C. The molecule has 0 saturated heterocycles. The molecule has 104 valence electrons. The quantitative estimate of drug-likeness (QED) is 0.642. The molecule has 0 saturated carbocycles. The normalized spacial score (nSPS) is 10.3. The Morgan fingerprint density at radius 1 is 1.32 bits per heavy atom. The van der Waals surface area contributed by atoms with Gasteiger partial charge in [-0.3, -0.25) is 9.59 Å². The number of Topliss-reactive ketones (excluding diaryl/α,β-unsaturated/α-hetero) is 1. The molecule has 0 aliphatic carbocycles. The van der Waals surface area contributed by atoms with Gasteiger partial charge in [-0.1, -0.05) is 0 Å². The fourth-order valence-corrected chi connectivity index (χ4v) is 2.23. The Bertz CT molecular complexity index is 542. The average molecular weight is 267 g/mol. The molecule has 19 heavy (non-hydrogen) atoms. The van der Waals surface area contributed by atoms with Crippen LogP contribution in [-0.4, -0.2) is 34.0 Å². The summed E-state index contributed by atoms with van der Waals surface area (Å²) in [5.74, 6) is -1.90. The van der Waals surface area contributed by atoms with Gasteiger partial charge in [-0.2, -0.15) is 0 Å². The van der Waals surface area contributed by atoms with Crippen molar-refractivity contribution in [3.63, 3.8) is 0 Å². The summed E-state index contributed by atoms with van der Waals surface area (Å²) >= 11 is 0. The van der Waals surface area contributed by atoms with E-state index in [0.29, 0.717) is 11.3 Å². The Balaban J connectivity index is 3.37. The standard InChI is InChI=1S/C13H17NO5/c1-5-19-10(16)6-9-11(13(17)18)7(2)12(8(3)15)14(9)4/h5-6H2,1-4H3,(H,17,18). The van der Waals surface area contributed by atoms with Crippen molar-refractivity contribution >= 4 is 17.7 Å². The van der Waals surface area contributed by atoms with Crippen molar-refractivity contribution in [1.82, 2.24) is 4.57 Å². The van der Waals surface area contributed by atoms with E-state index in [1.54, 1.807) is 20.9 Å². The molecule has 1 rings (SSSR count). The molecule has 6 nitrogen and oxygen atoms in total. The predicted molar refractivity (Wildman–Crippen MR) is 67.5 cm³/mol. The van der Waals surface area contributed by atoms with Gasteiger partial charge in [0.15, 0.2) is 5.78 Å². The number of esters is 1. The minimum absolute atomic E-state index is 0.000697. The van der Waals surface area contributed by atoms with Crippen LogP contribution in [0.3, 0.4) is 0 Å². The maximum atomic E-state index is 11.6. The fraction of sp³-hybridized carbons (Fsp3) is 0.462. The number of nitrogens with zero attached hydrogens (tertiary/aromatic N) is 1. The van der Waals surface area contributed by atoms with Gasteiger partial charge < -0.3 is 14.4 Å². The summed E-state index contributed by atoms with van der Waals surface area (Å²) in [5.41, 5.74) is 0.966. The van der Waals surface area contributed by atoms with Crippen molar-refractivity contribution in [2.24, 2.45) is 7.05 Å². The first-order valence-electron chi connectivity index (χ1n) is 5.89. The molecular formula is C13H17NO5. The number of rotatable bonds is 5. The lowest BCUT2D eigenvalue weighted by molar-refractivity contribution is -0.142. The molecule has 1 N–H and O–H groups in total. The van der Waals surface area contributed by atoms with Crippen LogP contribution in [0, 0.1) is 6.92 Å². The van der Waals surface area contributed by atoms with Crippen LogP contribution in [0.5, 0.6) is 0 Å². The van der Waals surface area contributed by atoms with E-state index in [-0.39, 0.29) is 30.1 Å². The second-order valence-corrected chi connectivity index (χ2v) is 4.20. The first-order chi connectivity index (χ1) is 8.81. The van der Waals surface area contributed by atoms with E-state index >= 15 is 0 Å². The monoisotopic (exact) mass is 267 g/mol. The van der Waals surface area contributed by atoms with E-state index in [9.17, 15) is 19.5 Å². The first-order valence-corrected chi connectivity index (χ1v) is 5.89. The Kier molecular flexibility index (Phi) is 4.47. The molecule has 0 bridgehead atoms. The Morgan fingerprint density at radius 2 is 1.89 bits per heavy atom. The van der Waals surface area contributed by atoms with E-state index in [1.807, 2.05) is 0 Å². The second kappa shape index (κ2) is 5.69. The number of carbonyl (C=O) groups is 3. The lowest BCUT2D eigenvalue weighted by atomic mass is 10.1. The van der Waals surface area contributed by atoms with Crippen molar-refractivity contribution in [2.75, 3.05) is 6.61 Å². The van der Waals surface area contributed by atoms with Gasteiger partial charge in [0.1, 0.15) is 0 Å². The summed E-state index contributed by atoms with van der Waals surface area (Å²) < 4.78 is 6.27. The fourth-order valence-electron chi connectivity index (χ4n) is 2.23. The molecule has 0 fully saturated rings. The van der Waals surface area contributed by atoms with Crippen LogP contribution in [-0.2, 0) is 23.0 Å². The molecule has 0 spiro atoms. The molecule has 0 aromatic carbocycles. The summed E-state index contributed by atoms with van der Waals surface area (Å²) in [6.07, 6.45) is -0.167. The average Bonchev–Trinajstić information content (AvgIpc) is 2.50. The van der Waals surface area contributed by atoms with Crippen molar-refractivity contribution in [1.29, 1.82) is 0 Å². The molecule has 0 aliphatic heterocycles. The van der Waals surface area contributed by atoms with Crippen LogP contribution in [0.4, 0.5) is 0 Å². The van der Waals surface area contributed by atoms with Crippen molar-refractivity contribution < 1.29 is 24.2 Å². The van der Waals surface area contributed by atoms with Gasteiger partial charge in [-0.05, 0) is 19.4 Å². The summed E-state index contributed by atoms with van der Waals surface area (Å²) in [4.78, 5) is 34.4. The topological polar surface area (TPSA) is 85.6 Å². The predicted octanol–water partition coefficient (Wildman–Crippen LogP) is 1.34. The second-order valence-electron chi connectivity index (χ2n) is 4.20. The van der Waals surface area contributed by atoms with Crippen LogP contribution >= 0.6 is 0 Å². The van der Waals surface area contributed by atoms with Gasteiger partial charge >= 0.3 is 11.9 Å². The largest absolute Gasteiger partial charge is 0.478 e. The lowest BCUT2D eigenvalue weighted by Gasteiger charge is -2.06. The van der Waals surface area contributed by atoms with Crippen molar-refractivity contribution in [3.05, 3.63) is 22.5 Å². The molecule has 1 aromatic heterocycles. The van der Waals surface area contributed by atoms with E-state index < -0.39 is 11.9 Å². The summed E-state index contributed by atoms with van der Waals surface area (Å²) in [7, 11) is 1.57. The van der Waals surface area contributed by atoms with Crippen molar-refractivity contribution in [3.8, 4) is 0 Å². The van der Waals surface area contributed by atoms with E-state index in [1.165, 1.54) is 11.5 Å². The number of aromatic carboxylic acids is 1. The molecule has 0 aliphatic rings. The molecule has 0 radical (unpaired) electrons. The van der Waals surface area contributed by atoms with Crippen LogP contribution in [0.25, 0.3) is 0 Å². The number of hydrogen-bond donors (Lipinski definition) is 1. The van der Waals surface area contributed by atoms with E-state index in [2.05, 4.69) is 0 Å². The van der Waals surface area contributed by atoms with Crippen LogP contribution in [0.1, 0.15) is 46.0 Å². The third-order valence-corrected chi connectivity index (χ3v) is 2.92. The number of carbonyl (C=O) groups excluding carboxylic acids is 2. The smallest absolute Gasteiger partial charge is 0.337 e. The van der Waals surface area contributed by atoms with Gasteiger partial charge in [0.2, 0.25) is 0 Å². The molecular weight excluding hydrogens is 250 g/mol. The third-order valence-electron chi connectivity index (χ3n) is 2.92. The zero-order valence-electron chi connectivity index (χ0n) is 11.4. The highest BCUT2D eigenvalue weighted by Gasteiger charge is 2.26. The van der Waals surface area contributed by atoms with Gasteiger partial charge in [-0.15, -0.1) is 0 Å². The summed E-state index contributed by atoms with van der Waals surface area (Å²) in [5, 5.41) is 9.23. The Labute approximate surface area is 111 Å². The lowest BCUT2D eigenvalue weighted by Crippen LogP contribution is -2.14. The number of ether oxygens (including phenoxy) is 1. The van der Waals surface area contributed by atoms with E-state index in [4.69, 9.17) is 4.74 Å². The number of carboxylic acid groups (broad SMARTS) is 1. The highest BCUT2D eigenvalue weighted by atomic mass is 16.5. The highest BCUT2D eigenvalue weighted by molar-refractivity contribution is 6.01. The van der Waals surface area contributed by atoms with Crippen molar-refractivity contribution in [2.45, 2.75) is 27.2 Å². The molecule has 0 unspecified atom stereocenters. The molecule has 1 aromatic rings. The Hall–Kier alpha value is -2.11. The summed E-state index contributed by atoms with van der Waals surface area (Å²) in [6, 6.07) is 0. The van der Waals surface area contributed by atoms with Gasteiger partial charge in [0.25, 0.3) is 0 Å². The minimum Gasteiger partial charge on any atom is -0.478 e. The minimum atomic E-state index is -1.15. The maximum Gasteiger partial charge on any atom is 0.337 e. The molecule has 0 amide bonds. The van der Waals surface area contributed by atoms with Gasteiger partial charge in [0, 0.05) is 19.7 Å². The molecule has 1 heterocycles. The maximum absolute atomic E-state index is 11.6. The molecule has 6 heteroatoms.